The molecule has 134 valence electrons. The normalized spacial score (nSPS) is 20.5. The molecule has 1 aliphatic rings. The van der Waals surface area contributed by atoms with Gasteiger partial charge in [-0.1, -0.05) is 0 Å². The summed E-state index contributed by atoms with van der Waals surface area (Å²) in [5, 5.41) is 0. The number of nitrogens with zero attached hydrogens (tertiary/aromatic N) is 5. The van der Waals surface area contributed by atoms with Crippen LogP contribution in [0.4, 0.5) is 16.2 Å². The van der Waals surface area contributed by atoms with Crippen LogP contribution in [0.5, 0.6) is 0 Å². The Morgan fingerprint density at radius 3 is 2.46 bits per heavy atom. The van der Waals surface area contributed by atoms with E-state index in [1.807, 2.05) is 13.8 Å². The maximum Gasteiger partial charge on any atom is 0.224 e. The van der Waals surface area contributed by atoms with Gasteiger partial charge >= 0.3 is 0 Å². The molecule has 7 nitrogen and oxygen atoms in total. The average Bonchev–Trinajstić information content (AvgIpc) is 2.60. The highest BCUT2D eigenvalue weighted by Crippen LogP contribution is 2.27. The highest BCUT2D eigenvalue weighted by atomic mass is 19.1. The van der Waals surface area contributed by atoms with Crippen molar-refractivity contribution in [1.29, 1.82) is 0 Å². The lowest BCUT2D eigenvalue weighted by atomic mass is 10.1. The SMILES string of the molecule is CC1CN(c2nc(N)nc3ncc(-c4ccc(F)cc4)nc23)CC(C)O1. The molecule has 1 saturated heterocycles. The third-order valence-corrected chi connectivity index (χ3v) is 4.27. The number of aromatic nitrogens is 4. The zero-order valence-electron chi connectivity index (χ0n) is 14.6. The van der Waals surface area contributed by atoms with Gasteiger partial charge in [-0.2, -0.15) is 9.97 Å². The monoisotopic (exact) mass is 354 g/mol. The van der Waals surface area contributed by atoms with Crippen molar-refractivity contribution < 1.29 is 9.13 Å². The van der Waals surface area contributed by atoms with Crippen molar-refractivity contribution in [3.8, 4) is 11.3 Å². The van der Waals surface area contributed by atoms with Crippen LogP contribution >= 0.6 is 0 Å². The number of morpholine rings is 1. The number of rotatable bonds is 2. The van der Waals surface area contributed by atoms with Gasteiger partial charge in [-0.05, 0) is 38.1 Å². The molecule has 2 aromatic heterocycles. The van der Waals surface area contributed by atoms with Gasteiger partial charge in [0.25, 0.3) is 0 Å². The van der Waals surface area contributed by atoms with Crippen LogP contribution in [0, 0.1) is 5.82 Å². The molecule has 8 heteroatoms. The van der Waals surface area contributed by atoms with Crippen molar-refractivity contribution in [2.24, 2.45) is 0 Å². The highest BCUT2D eigenvalue weighted by Gasteiger charge is 2.26. The molecule has 1 fully saturated rings. The lowest BCUT2D eigenvalue weighted by molar-refractivity contribution is -0.00537. The summed E-state index contributed by atoms with van der Waals surface area (Å²) in [6, 6.07) is 6.13. The summed E-state index contributed by atoms with van der Waals surface area (Å²) in [5.74, 6) is 0.504. The number of fused-ring (bicyclic) bond motifs is 1. The molecule has 0 aliphatic carbocycles. The van der Waals surface area contributed by atoms with Crippen LogP contribution < -0.4 is 10.6 Å². The predicted molar refractivity (Wildman–Crippen MR) is 97.2 cm³/mol. The predicted octanol–water partition coefficient (Wildman–Crippen LogP) is 2.42. The van der Waals surface area contributed by atoms with Gasteiger partial charge in [0.05, 0.1) is 24.1 Å². The Labute approximate surface area is 150 Å². The number of nitrogens with two attached hydrogens (primary N) is 1. The van der Waals surface area contributed by atoms with Gasteiger partial charge in [-0.3, -0.25) is 0 Å². The number of nitrogen functional groups attached to an aromatic ring is 1. The number of anilines is 2. The molecular formula is C18H19FN6O. The molecule has 0 saturated carbocycles. The molecule has 0 bridgehead atoms. The van der Waals surface area contributed by atoms with Crippen LogP contribution in [0.3, 0.4) is 0 Å². The van der Waals surface area contributed by atoms with E-state index < -0.39 is 0 Å². The van der Waals surface area contributed by atoms with Crippen molar-refractivity contribution in [3.05, 3.63) is 36.3 Å². The van der Waals surface area contributed by atoms with Crippen LogP contribution in [0.1, 0.15) is 13.8 Å². The number of benzene rings is 1. The van der Waals surface area contributed by atoms with Gasteiger partial charge in [0.15, 0.2) is 17.0 Å². The molecule has 4 rings (SSSR count). The maximum absolute atomic E-state index is 13.2. The molecule has 2 unspecified atom stereocenters. The standard InChI is InChI=1S/C18H19FN6O/c1-10-8-25(9-11(2)26-10)17-15-16(23-18(20)24-17)21-7-14(22-15)12-3-5-13(19)6-4-12/h3-7,10-11H,8-9H2,1-2H3,(H2,20,21,23,24). The molecule has 3 aromatic rings. The maximum atomic E-state index is 13.2. The number of ether oxygens (including phenoxy) is 1. The first-order valence-corrected chi connectivity index (χ1v) is 8.46. The minimum absolute atomic E-state index is 0.0678. The van der Waals surface area contributed by atoms with Crippen molar-refractivity contribution in [2.45, 2.75) is 26.1 Å². The lowest BCUT2D eigenvalue weighted by Gasteiger charge is -2.36. The second kappa shape index (κ2) is 6.45. The van der Waals surface area contributed by atoms with E-state index in [1.54, 1.807) is 18.3 Å². The Morgan fingerprint density at radius 1 is 1.08 bits per heavy atom. The van der Waals surface area contributed by atoms with Crippen LogP contribution in [0.2, 0.25) is 0 Å². The molecule has 1 aromatic carbocycles. The van der Waals surface area contributed by atoms with E-state index in [0.717, 1.165) is 5.56 Å². The fourth-order valence-corrected chi connectivity index (χ4v) is 3.24. The van der Waals surface area contributed by atoms with Crippen LogP contribution in [0.25, 0.3) is 22.4 Å². The quantitative estimate of drug-likeness (QED) is 0.756. The molecule has 26 heavy (non-hydrogen) atoms. The van der Waals surface area contributed by atoms with E-state index in [1.165, 1.54) is 12.1 Å². The summed E-state index contributed by atoms with van der Waals surface area (Å²) in [6.07, 6.45) is 1.74. The van der Waals surface area contributed by atoms with E-state index >= 15 is 0 Å². The minimum Gasteiger partial charge on any atom is -0.372 e. The van der Waals surface area contributed by atoms with E-state index in [-0.39, 0.29) is 24.0 Å². The zero-order chi connectivity index (χ0) is 18.3. The zero-order valence-corrected chi connectivity index (χ0v) is 14.6. The Balaban J connectivity index is 1.83. The van der Waals surface area contributed by atoms with E-state index in [4.69, 9.17) is 15.5 Å². The second-order valence-electron chi connectivity index (χ2n) is 6.50. The Bertz CT molecular complexity index is 938. The highest BCUT2D eigenvalue weighted by molar-refractivity contribution is 5.85. The molecule has 0 amide bonds. The van der Waals surface area contributed by atoms with E-state index in [2.05, 4.69) is 19.9 Å². The molecule has 2 atom stereocenters. The molecule has 3 heterocycles. The summed E-state index contributed by atoms with van der Waals surface area (Å²) in [5.41, 5.74) is 8.28. The van der Waals surface area contributed by atoms with Crippen molar-refractivity contribution in [2.75, 3.05) is 23.7 Å². The summed E-state index contributed by atoms with van der Waals surface area (Å²) in [4.78, 5) is 19.8. The van der Waals surface area contributed by atoms with Crippen molar-refractivity contribution in [3.63, 3.8) is 0 Å². The third kappa shape index (κ3) is 3.15. The van der Waals surface area contributed by atoms with E-state index in [0.29, 0.717) is 35.8 Å². The smallest absolute Gasteiger partial charge is 0.224 e. The molecule has 1 aliphatic heterocycles. The Kier molecular flexibility index (Phi) is 4.12. The van der Waals surface area contributed by atoms with Crippen LogP contribution in [-0.2, 0) is 4.74 Å². The van der Waals surface area contributed by atoms with Gasteiger partial charge in [0.2, 0.25) is 5.95 Å². The van der Waals surface area contributed by atoms with Crippen molar-refractivity contribution in [1.82, 2.24) is 19.9 Å². The summed E-state index contributed by atoms with van der Waals surface area (Å²) in [6.45, 7) is 5.40. The van der Waals surface area contributed by atoms with Gasteiger partial charge in [0, 0.05) is 18.7 Å². The van der Waals surface area contributed by atoms with Gasteiger partial charge in [-0.15, -0.1) is 0 Å². The topological polar surface area (TPSA) is 90.1 Å². The summed E-state index contributed by atoms with van der Waals surface area (Å²) < 4.78 is 19.0. The number of hydrogen-bond donors (Lipinski definition) is 1. The number of hydrogen-bond acceptors (Lipinski definition) is 7. The van der Waals surface area contributed by atoms with E-state index in [9.17, 15) is 4.39 Å². The first-order chi connectivity index (χ1) is 12.5. The third-order valence-electron chi connectivity index (χ3n) is 4.27. The summed E-state index contributed by atoms with van der Waals surface area (Å²) in [7, 11) is 0. The first kappa shape index (κ1) is 16.6. The van der Waals surface area contributed by atoms with Gasteiger partial charge in [0.1, 0.15) is 5.82 Å². The van der Waals surface area contributed by atoms with Gasteiger partial charge < -0.3 is 15.4 Å². The largest absolute Gasteiger partial charge is 0.372 e. The molecule has 0 spiro atoms. The lowest BCUT2D eigenvalue weighted by Crippen LogP contribution is -2.46. The fourth-order valence-electron chi connectivity index (χ4n) is 3.24. The van der Waals surface area contributed by atoms with Crippen LogP contribution in [0.15, 0.2) is 30.5 Å². The fraction of sp³-hybridized carbons (Fsp3) is 0.333. The molecular weight excluding hydrogens is 335 g/mol. The Hall–Kier alpha value is -2.87. The summed E-state index contributed by atoms with van der Waals surface area (Å²) >= 11 is 0. The van der Waals surface area contributed by atoms with Crippen molar-refractivity contribution >= 4 is 22.9 Å². The Morgan fingerprint density at radius 2 is 1.77 bits per heavy atom. The average molecular weight is 354 g/mol. The molecule has 2 N–H and O–H groups in total. The number of halogens is 1. The molecule has 0 radical (unpaired) electrons. The first-order valence-electron chi connectivity index (χ1n) is 8.46. The minimum atomic E-state index is -0.296. The van der Waals surface area contributed by atoms with Gasteiger partial charge in [-0.25, -0.2) is 14.4 Å². The van der Waals surface area contributed by atoms with Crippen LogP contribution in [-0.4, -0.2) is 45.2 Å². The second-order valence-corrected chi connectivity index (χ2v) is 6.50.